The van der Waals surface area contributed by atoms with Gasteiger partial charge in [0, 0.05) is 12.8 Å². The Morgan fingerprint density at radius 3 is 0.855 bits per heavy atom. The highest BCUT2D eigenvalue weighted by Crippen LogP contribution is 2.19. The van der Waals surface area contributed by atoms with Crippen LogP contribution >= 0.6 is 0 Å². The molecular formula is C77H147NO5. The normalized spacial score (nSPS) is 12.7. The third-order valence-corrected chi connectivity index (χ3v) is 17.6. The van der Waals surface area contributed by atoms with Gasteiger partial charge in [0.25, 0.3) is 0 Å². The third kappa shape index (κ3) is 69.1. The zero-order chi connectivity index (χ0) is 59.9. The maximum atomic E-state index is 12.5. The first-order valence-corrected chi connectivity index (χ1v) is 37.8. The molecule has 0 saturated carbocycles. The molecule has 0 bridgehead atoms. The van der Waals surface area contributed by atoms with Crippen LogP contribution in [0.5, 0.6) is 0 Å². The summed E-state index contributed by atoms with van der Waals surface area (Å²) >= 11 is 0. The maximum Gasteiger partial charge on any atom is 0.305 e. The Labute approximate surface area is 519 Å². The van der Waals surface area contributed by atoms with Gasteiger partial charge in [-0.2, -0.15) is 0 Å². The first kappa shape index (κ1) is 81.1. The predicted molar refractivity (Wildman–Crippen MR) is 366 cm³/mol. The van der Waals surface area contributed by atoms with E-state index in [0.29, 0.717) is 19.4 Å². The van der Waals surface area contributed by atoms with E-state index >= 15 is 0 Å². The molecule has 0 aromatic carbocycles. The highest BCUT2D eigenvalue weighted by molar-refractivity contribution is 5.76. The van der Waals surface area contributed by atoms with Crippen LogP contribution in [0.3, 0.4) is 0 Å². The van der Waals surface area contributed by atoms with Crippen LogP contribution in [0.15, 0.2) is 36.5 Å². The number of carbonyl (C=O) groups is 2. The monoisotopic (exact) mass is 1170 g/mol. The summed E-state index contributed by atoms with van der Waals surface area (Å²) in [7, 11) is 0. The molecule has 0 aliphatic heterocycles. The summed E-state index contributed by atoms with van der Waals surface area (Å²) in [6.45, 7) is 4.94. The summed E-state index contributed by atoms with van der Waals surface area (Å²) in [6, 6.07) is -0.626. The average Bonchev–Trinajstić information content (AvgIpc) is 3.49. The minimum atomic E-state index is -0.843. The van der Waals surface area contributed by atoms with E-state index in [1.54, 1.807) is 6.08 Å². The second-order valence-electron chi connectivity index (χ2n) is 26.0. The van der Waals surface area contributed by atoms with Gasteiger partial charge in [0.1, 0.15) is 0 Å². The van der Waals surface area contributed by atoms with E-state index < -0.39 is 12.1 Å². The predicted octanol–water partition coefficient (Wildman–Crippen LogP) is 24.7. The van der Waals surface area contributed by atoms with Crippen LogP contribution in [0.1, 0.15) is 418 Å². The lowest BCUT2D eigenvalue weighted by molar-refractivity contribution is -0.143. The van der Waals surface area contributed by atoms with Gasteiger partial charge in [-0.3, -0.25) is 9.59 Å². The molecule has 3 N–H and O–H groups in total. The van der Waals surface area contributed by atoms with Gasteiger partial charge < -0.3 is 20.3 Å². The fraction of sp³-hybridized carbons (Fsp3) is 0.896. The van der Waals surface area contributed by atoms with Crippen LogP contribution in [-0.2, 0) is 14.3 Å². The molecule has 2 atom stereocenters. The molecule has 0 aliphatic carbocycles. The van der Waals surface area contributed by atoms with Gasteiger partial charge in [0.05, 0.1) is 25.4 Å². The third-order valence-electron chi connectivity index (χ3n) is 17.6. The number of rotatable bonds is 71. The minimum Gasteiger partial charge on any atom is -0.466 e. The van der Waals surface area contributed by atoms with Gasteiger partial charge in [-0.25, -0.2) is 0 Å². The summed E-state index contributed by atoms with van der Waals surface area (Å²) in [5.74, 6) is -0.0469. The quantitative estimate of drug-likeness (QED) is 0.0320. The summed E-state index contributed by atoms with van der Waals surface area (Å²) in [4.78, 5) is 24.6. The first-order valence-electron chi connectivity index (χ1n) is 37.8. The summed E-state index contributed by atoms with van der Waals surface area (Å²) in [6.07, 6.45) is 93.9. The molecule has 2 unspecified atom stereocenters. The number of carbonyl (C=O) groups excluding carboxylic acids is 2. The first-order chi connectivity index (χ1) is 41.0. The highest BCUT2D eigenvalue weighted by Gasteiger charge is 2.18. The molecule has 6 nitrogen and oxygen atoms in total. The highest BCUT2D eigenvalue weighted by atomic mass is 16.5. The number of amides is 1. The summed E-state index contributed by atoms with van der Waals surface area (Å²) in [5, 5.41) is 23.2. The second kappa shape index (κ2) is 72.6. The standard InChI is InChI=1S/C77H147NO5/c1-3-5-7-9-11-13-15-17-19-21-39-43-47-51-55-59-63-67-71-77(82)83-72-68-64-60-56-52-48-44-40-37-35-33-31-29-27-25-23-22-24-26-28-30-32-34-36-38-42-46-50-54-58-62-66-70-76(81)78-74(73-79)75(80)69-65-61-57-53-49-45-41-20-18-16-14-12-10-8-6-4-2/h19,21,25,27,65,69,74-75,79-80H,3-18,20,22-24,26,28-64,66-68,70-73H2,1-2H3,(H,78,81)/b21-19-,27-25-,69-65+. The van der Waals surface area contributed by atoms with E-state index in [0.717, 1.165) is 44.9 Å². The Morgan fingerprint density at radius 1 is 0.325 bits per heavy atom. The van der Waals surface area contributed by atoms with Crippen molar-refractivity contribution in [3.05, 3.63) is 36.5 Å². The van der Waals surface area contributed by atoms with Crippen molar-refractivity contribution in [2.24, 2.45) is 0 Å². The van der Waals surface area contributed by atoms with Crippen LogP contribution in [0, 0.1) is 0 Å². The molecular weight excluding hydrogens is 1020 g/mol. The fourth-order valence-electron chi connectivity index (χ4n) is 11.9. The molecule has 0 rings (SSSR count). The van der Waals surface area contributed by atoms with Crippen molar-refractivity contribution in [3.8, 4) is 0 Å². The number of esters is 1. The average molecular weight is 1170 g/mol. The Hall–Kier alpha value is -1.92. The van der Waals surface area contributed by atoms with E-state index in [-0.39, 0.29) is 18.5 Å². The van der Waals surface area contributed by atoms with Gasteiger partial charge in [-0.15, -0.1) is 0 Å². The lowest BCUT2D eigenvalue weighted by atomic mass is 10.0. The van der Waals surface area contributed by atoms with E-state index in [2.05, 4.69) is 43.5 Å². The number of aliphatic hydroxyl groups is 2. The maximum absolute atomic E-state index is 12.5. The molecule has 83 heavy (non-hydrogen) atoms. The van der Waals surface area contributed by atoms with Crippen LogP contribution < -0.4 is 5.32 Å². The van der Waals surface area contributed by atoms with Crippen LogP contribution in [0.4, 0.5) is 0 Å². The van der Waals surface area contributed by atoms with Crippen LogP contribution in [-0.4, -0.2) is 47.4 Å². The number of nitrogens with one attached hydrogen (secondary N) is 1. The fourth-order valence-corrected chi connectivity index (χ4v) is 11.9. The van der Waals surface area contributed by atoms with E-state index in [1.165, 1.54) is 347 Å². The molecule has 6 heteroatoms. The molecule has 0 aromatic heterocycles. The van der Waals surface area contributed by atoms with Gasteiger partial charge in [-0.1, -0.05) is 359 Å². The molecule has 0 spiro atoms. The van der Waals surface area contributed by atoms with Crippen molar-refractivity contribution in [3.63, 3.8) is 0 Å². The van der Waals surface area contributed by atoms with E-state index in [4.69, 9.17) is 4.74 Å². The molecule has 0 radical (unpaired) electrons. The molecule has 0 saturated heterocycles. The number of hydrogen-bond donors (Lipinski definition) is 3. The van der Waals surface area contributed by atoms with Crippen molar-refractivity contribution >= 4 is 11.9 Å². The van der Waals surface area contributed by atoms with Gasteiger partial charge in [-0.05, 0) is 83.5 Å². The Morgan fingerprint density at radius 2 is 0.566 bits per heavy atom. The van der Waals surface area contributed by atoms with Gasteiger partial charge in [0.15, 0.2) is 0 Å². The largest absolute Gasteiger partial charge is 0.466 e. The number of hydrogen-bond acceptors (Lipinski definition) is 5. The van der Waals surface area contributed by atoms with Crippen molar-refractivity contribution < 1.29 is 24.5 Å². The Balaban J connectivity index is 3.36. The van der Waals surface area contributed by atoms with Crippen molar-refractivity contribution in [1.82, 2.24) is 5.32 Å². The van der Waals surface area contributed by atoms with Crippen LogP contribution in [0.25, 0.3) is 0 Å². The summed E-state index contributed by atoms with van der Waals surface area (Å²) in [5.41, 5.74) is 0. The number of aliphatic hydroxyl groups excluding tert-OH is 2. The van der Waals surface area contributed by atoms with E-state index in [9.17, 15) is 19.8 Å². The Kier molecular flexibility index (Phi) is 70.9. The molecule has 0 aliphatic rings. The summed E-state index contributed by atoms with van der Waals surface area (Å²) < 4.78 is 5.51. The number of ether oxygens (including phenoxy) is 1. The second-order valence-corrected chi connectivity index (χ2v) is 26.0. The molecule has 0 heterocycles. The lowest BCUT2D eigenvalue weighted by Gasteiger charge is -2.20. The van der Waals surface area contributed by atoms with Crippen LogP contribution in [0.2, 0.25) is 0 Å². The molecule has 490 valence electrons. The van der Waals surface area contributed by atoms with E-state index in [1.807, 2.05) is 6.08 Å². The van der Waals surface area contributed by atoms with Crippen molar-refractivity contribution in [2.75, 3.05) is 13.2 Å². The molecule has 0 aromatic rings. The zero-order valence-corrected chi connectivity index (χ0v) is 56.2. The molecule has 1 amide bonds. The smallest absolute Gasteiger partial charge is 0.305 e. The Bertz CT molecular complexity index is 1340. The van der Waals surface area contributed by atoms with Crippen molar-refractivity contribution in [2.45, 2.75) is 431 Å². The van der Waals surface area contributed by atoms with Crippen molar-refractivity contribution in [1.29, 1.82) is 0 Å². The molecule has 0 fully saturated rings. The van der Waals surface area contributed by atoms with Gasteiger partial charge in [0.2, 0.25) is 5.91 Å². The zero-order valence-electron chi connectivity index (χ0n) is 56.2. The lowest BCUT2D eigenvalue weighted by Crippen LogP contribution is -2.45. The topological polar surface area (TPSA) is 95.9 Å². The van der Waals surface area contributed by atoms with Gasteiger partial charge >= 0.3 is 5.97 Å². The number of allylic oxidation sites excluding steroid dienone is 5. The minimum absolute atomic E-state index is 0.0156. The number of unbranched alkanes of at least 4 members (excludes halogenated alkanes) is 56. The SMILES string of the molecule is CCCCCCCCC/C=C\CCCCCCCCCC(=O)OCCCCCCCCCCCCCC/C=C\CCCCCCCCCCCCCCCCCCC(=O)NC(CO)C(O)/C=C/CCCCCCCCCCCCCCCC.